The van der Waals surface area contributed by atoms with Crippen molar-refractivity contribution in [1.29, 1.82) is 0 Å². The minimum Gasteiger partial charge on any atom is -0.289 e. The summed E-state index contributed by atoms with van der Waals surface area (Å²) in [6.07, 6.45) is 0. The number of carbonyl (C=O) groups excluding carboxylic acids is 1. The molecule has 0 bridgehead atoms. The van der Waals surface area contributed by atoms with Gasteiger partial charge in [-0.25, -0.2) is 0 Å². The summed E-state index contributed by atoms with van der Waals surface area (Å²) in [5, 5.41) is 2.62. The highest BCUT2D eigenvalue weighted by atomic mass is 35.5. The largest absolute Gasteiger partial charge is 0.289 e. The maximum absolute atomic E-state index is 12.6. The van der Waals surface area contributed by atoms with Crippen molar-refractivity contribution in [1.82, 2.24) is 0 Å². The van der Waals surface area contributed by atoms with Gasteiger partial charge in [-0.05, 0) is 12.1 Å². The second kappa shape index (κ2) is 5.28. The Morgan fingerprint density at radius 2 is 1.45 bits per heavy atom. The Kier molecular flexibility index (Phi) is 3.47. The van der Waals surface area contributed by atoms with Gasteiger partial charge in [0.1, 0.15) is 0 Å². The summed E-state index contributed by atoms with van der Waals surface area (Å²) in [6.45, 7) is 0. The molecule has 0 heterocycles. The van der Waals surface area contributed by atoms with Crippen LogP contribution in [0.3, 0.4) is 0 Å². The molecule has 0 aromatic heterocycles. The third-order valence-corrected chi connectivity index (χ3v) is 3.86. The number of halogens is 2. The number of carbonyl (C=O) groups is 1. The van der Waals surface area contributed by atoms with Crippen LogP contribution < -0.4 is 0 Å². The molecule has 98 valence electrons. The molecule has 0 aliphatic carbocycles. The first-order chi connectivity index (χ1) is 9.68. The van der Waals surface area contributed by atoms with Crippen LogP contribution in [0.4, 0.5) is 0 Å². The predicted octanol–water partition coefficient (Wildman–Crippen LogP) is 5.38. The average Bonchev–Trinajstić information content (AvgIpc) is 2.51. The Balaban J connectivity index is 2.28. The van der Waals surface area contributed by atoms with Gasteiger partial charge in [-0.15, -0.1) is 0 Å². The zero-order valence-electron chi connectivity index (χ0n) is 10.4. The number of ketones is 1. The normalized spacial score (nSPS) is 10.7. The molecular weight excluding hydrogens is 291 g/mol. The lowest BCUT2D eigenvalue weighted by Gasteiger charge is -2.09. The van der Waals surface area contributed by atoms with Crippen LogP contribution in [0.5, 0.6) is 0 Å². The molecule has 3 aromatic rings. The first-order valence-corrected chi connectivity index (χ1v) is 6.90. The summed E-state index contributed by atoms with van der Waals surface area (Å²) >= 11 is 12.4. The van der Waals surface area contributed by atoms with Gasteiger partial charge in [0.2, 0.25) is 0 Å². The first-order valence-electron chi connectivity index (χ1n) is 6.15. The van der Waals surface area contributed by atoms with Crippen molar-refractivity contribution in [3.05, 3.63) is 81.8 Å². The second-order valence-corrected chi connectivity index (χ2v) is 5.27. The number of hydrogen-bond donors (Lipinski definition) is 0. The van der Waals surface area contributed by atoms with Crippen LogP contribution in [0, 0.1) is 0 Å². The standard InChI is InChI=1S/C17H10Cl2O/c18-14-9-10-15(19)16-12(14)7-4-8-13(16)17(20)11-5-2-1-3-6-11/h1-10H. The zero-order valence-corrected chi connectivity index (χ0v) is 11.9. The maximum atomic E-state index is 12.6. The van der Waals surface area contributed by atoms with Gasteiger partial charge in [-0.2, -0.15) is 0 Å². The van der Waals surface area contributed by atoms with Crippen LogP contribution in [0.2, 0.25) is 10.0 Å². The van der Waals surface area contributed by atoms with E-state index in [1.165, 1.54) is 0 Å². The van der Waals surface area contributed by atoms with Crippen LogP contribution in [0.1, 0.15) is 15.9 Å². The highest BCUT2D eigenvalue weighted by Crippen LogP contribution is 2.33. The molecule has 0 amide bonds. The highest BCUT2D eigenvalue weighted by molar-refractivity contribution is 6.41. The van der Waals surface area contributed by atoms with E-state index < -0.39 is 0 Å². The molecule has 3 aromatic carbocycles. The van der Waals surface area contributed by atoms with Gasteiger partial charge in [0, 0.05) is 31.9 Å². The molecule has 1 nitrogen and oxygen atoms in total. The van der Waals surface area contributed by atoms with Crippen LogP contribution in [0.25, 0.3) is 10.8 Å². The summed E-state index contributed by atoms with van der Waals surface area (Å²) < 4.78 is 0. The minimum atomic E-state index is -0.0552. The quantitative estimate of drug-likeness (QED) is 0.581. The Morgan fingerprint density at radius 3 is 2.20 bits per heavy atom. The van der Waals surface area contributed by atoms with E-state index in [2.05, 4.69) is 0 Å². The molecule has 0 fully saturated rings. The summed E-state index contributed by atoms with van der Waals surface area (Å²) in [7, 11) is 0. The van der Waals surface area contributed by atoms with Gasteiger partial charge in [0.05, 0.1) is 0 Å². The minimum absolute atomic E-state index is 0.0552. The lowest BCUT2D eigenvalue weighted by Crippen LogP contribution is -2.02. The number of fused-ring (bicyclic) bond motifs is 1. The molecule has 0 spiro atoms. The molecule has 0 atom stereocenters. The molecule has 0 aliphatic rings. The topological polar surface area (TPSA) is 17.1 Å². The van der Waals surface area contributed by atoms with Gasteiger partial charge in [-0.3, -0.25) is 4.79 Å². The van der Waals surface area contributed by atoms with Crippen molar-refractivity contribution in [3.8, 4) is 0 Å². The average molecular weight is 301 g/mol. The van der Waals surface area contributed by atoms with Crippen LogP contribution >= 0.6 is 23.2 Å². The van der Waals surface area contributed by atoms with Gasteiger partial charge >= 0.3 is 0 Å². The maximum Gasteiger partial charge on any atom is 0.193 e. The highest BCUT2D eigenvalue weighted by Gasteiger charge is 2.15. The SMILES string of the molecule is O=C(c1ccccc1)c1cccc2c(Cl)ccc(Cl)c12. The van der Waals surface area contributed by atoms with Crippen molar-refractivity contribution in [2.75, 3.05) is 0 Å². The monoisotopic (exact) mass is 300 g/mol. The molecule has 0 aliphatic heterocycles. The number of benzene rings is 3. The number of rotatable bonds is 2. The van der Waals surface area contributed by atoms with Crippen molar-refractivity contribution >= 4 is 39.8 Å². The summed E-state index contributed by atoms with van der Waals surface area (Å²) in [4.78, 5) is 12.6. The van der Waals surface area contributed by atoms with Crippen LogP contribution in [-0.4, -0.2) is 5.78 Å². The molecule has 3 heteroatoms. The second-order valence-electron chi connectivity index (χ2n) is 4.45. The fourth-order valence-electron chi connectivity index (χ4n) is 2.26. The van der Waals surface area contributed by atoms with Crippen molar-refractivity contribution in [3.63, 3.8) is 0 Å². The molecule has 3 rings (SSSR count). The van der Waals surface area contributed by atoms with E-state index in [0.29, 0.717) is 26.6 Å². The molecule has 0 saturated carbocycles. The van der Waals surface area contributed by atoms with E-state index in [0.717, 1.165) is 5.39 Å². The Morgan fingerprint density at radius 1 is 0.750 bits per heavy atom. The molecular formula is C17H10Cl2O. The molecule has 0 N–H and O–H groups in total. The summed E-state index contributed by atoms with van der Waals surface area (Å²) in [6, 6.07) is 18.1. The van der Waals surface area contributed by atoms with Gasteiger partial charge in [-0.1, -0.05) is 71.7 Å². The third-order valence-electron chi connectivity index (χ3n) is 3.22. The van der Waals surface area contributed by atoms with E-state index >= 15 is 0 Å². The van der Waals surface area contributed by atoms with E-state index in [1.54, 1.807) is 30.3 Å². The lowest BCUT2D eigenvalue weighted by atomic mass is 9.97. The third kappa shape index (κ3) is 2.20. The van der Waals surface area contributed by atoms with E-state index in [9.17, 15) is 4.79 Å². The predicted molar refractivity (Wildman–Crippen MR) is 83.8 cm³/mol. The zero-order chi connectivity index (χ0) is 14.1. The number of hydrogen-bond acceptors (Lipinski definition) is 1. The van der Waals surface area contributed by atoms with Crippen molar-refractivity contribution < 1.29 is 4.79 Å². The summed E-state index contributed by atoms with van der Waals surface area (Å²) in [5.41, 5.74) is 1.21. The van der Waals surface area contributed by atoms with Crippen molar-refractivity contribution in [2.24, 2.45) is 0 Å². The fourth-order valence-corrected chi connectivity index (χ4v) is 2.75. The molecule has 0 saturated heterocycles. The Bertz CT molecular complexity index is 795. The van der Waals surface area contributed by atoms with Crippen LogP contribution in [0.15, 0.2) is 60.7 Å². The first kappa shape index (κ1) is 13.2. The molecule has 0 radical (unpaired) electrons. The fraction of sp³-hybridized carbons (Fsp3) is 0. The van der Waals surface area contributed by atoms with E-state index in [-0.39, 0.29) is 5.78 Å². The Hall–Kier alpha value is -1.83. The smallest absolute Gasteiger partial charge is 0.193 e. The van der Waals surface area contributed by atoms with Gasteiger partial charge in [0.15, 0.2) is 5.78 Å². The Labute approximate surface area is 126 Å². The molecule has 20 heavy (non-hydrogen) atoms. The van der Waals surface area contributed by atoms with E-state index in [1.807, 2.05) is 30.3 Å². The van der Waals surface area contributed by atoms with E-state index in [4.69, 9.17) is 23.2 Å². The summed E-state index contributed by atoms with van der Waals surface area (Å²) in [5.74, 6) is -0.0552. The van der Waals surface area contributed by atoms with Crippen LogP contribution in [-0.2, 0) is 0 Å². The molecule has 0 unspecified atom stereocenters. The van der Waals surface area contributed by atoms with Crippen molar-refractivity contribution in [2.45, 2.75) is 0 Å². The van der Waals surface area contributed by atoms with Gasteiger partial charge in [0.25, 0.3) is 0 Å². The lowest BCUT2D eigenvalue weighted by molar-refractivity contribution is 0.104. The van der Waals surface area contributed by atoms with Gasteiger partial charge < -0.3 is 0 Å².